The zero-order valence-corrected chi connectivity index (χ0v) is 14.3. The SMILES string of the molecule is O=C(Nc1ccccc1)c1ccc(I)cc1N1CCNCC1. The highest BCUT2D eigenvalue weighted by Crippen LogP contribution is 2.25. The maximum Gasteiger partial charge on any atom is 0.257 e. The number of nitrogens with zero attached hydrogens (tertiary/aromatic N) is 1. The van der Waals surface area contributed by atoms with Crippen LogP contribution in [0.3, 0.4) is 0 Å². The lowest BCUT2D eigenvalue weighted by atomic mass is 10.1. The lowest BCUT2D eigenvalue weighted by molar-refractivity contribution is 0.102. The first-order valence-electron chi connectivity index (χ1n) is 7.35. The number of hydrogen-bond donors (Lipinski definition) is 2. The molecule has 3 rings (SSSR count). The molecule has 0 aromatic heterocycles. The summed E-state index contributed by atoms with van der Waals surface area (Å²) in [6, 6.07) is 15.5. The lowest BCUT2D eigenvalue weighted by Crippen LogP contribution is -2.44. The fraction of sp³-hybridized carbons (Fsp3) is 0.235. The molecule has 114 valence electrons. The molecule has 0 spiro atoms. The van der Waals surface area contributed by atoms with Gasteiger partial charge in [0.2, 0.25) is 0 Å². The zero-order valence-electron chi connectivity index (χ0n) is 12.2. The number of halogens is 1. The van der Waals surface area contributed by atoms with Gasteiger partial charge in [0.25, 0.3) is 5.91 Å². The third-order valence-electron chi connectivity index (χ3n) is 3.69. The van der Waals surface area contributed by atoms with Crippen LogP contribution in [0.1, 0.15) is 10.4 Å². The van der Waals surface area contributed by atoms with Gasteiger partial charge in [-0.2, -0.15) is 0 Å². The van der Waals surface area contributed by atoms with Crippen LogP contribution in [0.5, 0.6) is 0 Å². The van der Waals surface area contributed by atoms with Crippen molar-refractivity contribution in [2.24, 2.45) is 0 Å². The number of amides is 1. The van der Waals surface area contributed by atoms with Gasteiger partial charge >= 0.3 is 0 Å². The molecule has 4 nitrogen and oxygen atoms in total. The summed E-state index contributed by atoms with van der Waals surface area (Å²) >= 11 is 2.29. The van der Waals surface area contributed by atoms with Crippen molar-refractivity contribution in [1.29, 1.82) is 0 Å². The van der Waals surface area contributed by atoms with Crippen LogP contribution in [0.15, 0.2) is 48.5 Å². The van der Waals surface area contributed by atoms with E-state index in [1.807, 2.05) is 42.5 Å². The Balaban J connectivity index is 1.87. The van der Waals surface area contributed by atoms with Crippen molar-refractivity contribution in [3.63, 3.8) is 0 Å². The molecule has 2 aromatic carbocycles. The fourth-order valence-electron chi connectivity index (χ4n) is 2.58. The van der Waals surface area contributed by atoms with E-state index in [-0.39, 0.29) is 5.91 Å². The Bertz CT molecular complexity index is 654. The molecule has 1 amide bonds. The summed E-state index contributed by atoms with van der Waals surface area (Å²) in [5, 5.41) is 6.32. The normalized spacial score (nSPS) is 14.7. The molecule has 22 heavy (non-hydrogen) atoms. The third-order valence-corrected chi connectivity index (χ3v) is 4.36. The van der Waals surface area contributed by atoms with E-state index in [1.54, 1.807) is 0 Å². The second-order valence-corrected chi connectivity index (χ2v) is 6.46. The van der Waals surface area contributed by atoms with Crippen LogP contribution in [0.25, 0.3) is 0 Å². The van der Waals surface area contributed by atoms with Crippen LogP contribution >= 0.6 is 22.6 Å². The van der Waals surface area contributed by atoms with Gasteiger partial charge in [0.1, 0.15) is 0 Å². The molecule has 1 fully saturated rings. The Morgan fingerprint density at radius 1 is 1.09 bits per heavy atom. The minimum Gasteiger partial charge on any atom is -0.368 e. The maximum absolute atomic E-state index is 12.6. The number of piperazine rings is 1. The molecule has 5 heteroatoms. The van der Waals surface area contributed by atoms with Gasteiger partial charge in [-0.3, -0.25) is 4.79 Å². The molecule has 0 saturated carbocycles. The second kappa shape index (κ2) is 7.11. The van der Waals surface area contributed by atoms with E-state index in [0.717, 1.165) is 46.7 Å². The summed E-state index contributed by atoms with van der Waals surface area (Å²) in [4.78, 5) is 14.9. The molecule has 0 atom stereocenters. The first kappa shape index (κ1) is 15.3. The summed E-state index contributed by atoms with van der Waals surface area (Å²) in [5.74, 6) is -0.0591. The van der Waals surface area contributed by atoms with Crippen LogP contribution in [0.2, 0.25) is 0 Å². The largest absolute Gasteiger partial charge is 0.368 e. The smallest absolute Gasteiger partial charge is 0.257 e. The second-order valence-electron chi connectivity index (χ2n) is 5.22. The van der Waals surface area contributed by atoms with Crippen molar-refractivity contribution >= 4 is 39.9 Å². The number of para-hydroxylation sites is 1. The van der Waals surface area contributed by atoms with Crippen molar-refractivity contribution in [2.75, 3.05) is 36.4 Å². The number of nitrogens with one attached hydrogen (secondary N) is 2. The first-order valence-corrected chi connectivity index (χ1v) is 8.43. The summed E-state index contributed by atoms with van der Waals surface area (Å²) in [6.45, 7) is 3.74. The van der Waals surface area contributed by atoms with E-state index >= 15 is 0 Å². The van der Waals surface area contributed by atoms with Crippen LogP contribution in [0.4, 0.5) is 11.4 Å². The highest BCUT2D eigenvalue weighted by atomic mass is 127. The van der Waals surface area contributed by atoms with Crippen LogP contribution in [0, 0.1) is 3.57 Å². The van der Waals surface area contributed by atoms with E-state index < -0.39 is 0 Å². The molecule has 0 unspecified atom stereocenters. The predicted octanol–water partition coefficient (Wildman–Crippen LogP) is 2.95. The van der Waals surface area contributed by atoms with Gasteiger partial charge in [0, 0.05) is 35.4 Å². The molecular weight excluding hydrogens is 389 g/mol. The molecular formula is C17H18IN3O. The summed E-state index contributed by atoms with van der Waals surface area (Å²) in [6.07, 6.45) is 0. The molecule has 0 bridgehead atoms. The average molecular weight is 407 g/mol. The molecule has 1 aliphatic heterocycles. The van der Waals surface area contributed by atoms with E-state index in [1.165, 1.54) is 0 Å². The number of rotatable bonds is 3. The summed E-state index contributed by atoms with van der Waals surface area (Å²) in [7, 11) is 0. The van der Waals surface area contributed by atoms with Gasteiger partial charge in [-0.1, -0.05) is 18.2 Å². The Labute approximate surface area is 144 Å². The van der Waals surface area contributed by atoms with Crippen LogP contribution in [-0.2, 0) is 0 Å². The number of carbonyl (C=O) groups is 1. The highest BCUT2D eigenvalue weighted by Gasteiger charge is 2.18. The van der Waals surface area contributed by atoms with Crippen LogP contribution < -0.4 is 15.5 Å². The molecule has 1 saturated heterocycles. The maximum atomic E-state index is 12.6. The standard InChI is InChI=1S/C17H18IN3O/c18-13-6-7-15(16(12-13)21-10-8-19-9-11-21)17(22)20-14-4-2-1-3-5-14/h1-7,12,19H,8-11H2,(H,20,22). The monoisotopic (exact) mass is 407 g/mol. The molecule has 0 aliphatic carbocycles. The van der Waals surface area contributed by atoms with Gasteiger partial charge in [0.05, 0.1) is 11.3 Å². The van der Waals surface area contributed by atoms with Crippen molar-refractivity contribution in [2.45, 2.75) is 0 Å². The van der Waals surface area contributed by atoms with Crippen molar-refractivity contribution in [1.82, 2.24) is 5.32 Å². The summed E-state index contributed by atoms with van der Waals surface area (Å²) < 4.78 is 1.14. The fourth-order valence-corrected chi connectivity index (χ4v) is 3.06. The first-order chi connectivity index (χ1) is 10.7. The van der Waals surface area contributed by atoms with E-state index in [9.17, 15) is 4.79 Å². The van der Waals surface area contributed by atoms with E-state index in [2.05, 4.69) is 44.2 Å². The predicted molar refractivity (Wildman–Crippen MR) is 98.6 cm³/mol. The van der Waals surface area contributed by atoms with Gasteiger partial charge in [0.15, 0.2) is 0 Å². The number of hydrogen-bond acceptors (Lipinski definition) is 3. The topological polar surface area (TPSA) is 44.4 Å². The van der Waals surface area contributed by atoms with Gasteiger partial charge in [-0.25, -0.2) is 0 Å². The third kappa shape index (κ3) is 3.59. The van der Waals surface area contributed by atoms with E-state index in [0.29, 0.717) is 0 Å². The Hall–Kier alpha value is -1.60. The number of anilines is 2. The lowest BCUT2D eigenvalue weighted by Gasteiger charge is -2.31. The minimum absolute atomic E-state index is 0.0591. The van der Waals surface area contributed by atoms with E-state index in [4.69, 9.17) is 0 Å². The minimum atomic E-state index is -0.0591. The van der Waals surface area contributed by atoms with Crippen LogP contribution in [-0.4, -0.2) is 32.1 Å². The molecule has 0 radical (unpaired) electrons. The van der Waals surface area contributed by atoms with Gasteiger partial charge < -0.3 is 15.5 Å². The average Bonchev–Trinajstić information content (AvgIpc) is 2.56. The number of carbonyl (C=O) groups excluding carboxylic acids is 1. The molecule has 2 aromatic rings. The Kier molecular flexibility index (Phi) is 4.94. The van der Waals surface area contributed by atoms with Gasteiger partial charge in [-0.15, -0.1) is 0 Å². The Morgan fingerprint density at radius 3 is 2.55 bits per heavy atom. The quantitative estimate of drug-likeness (QED) is 0.770. The number of benzene rings is 2. The van der Waals surface area contributed by atoms with Gasteiger partial charge in [-0.05, 0) is 52.9 Å². The Morgan fingerprint density at radius 2 is 1.82 bits per heavy atom. The van der Waals surface area contributed by atoms with Crippen molar-refractivity contribution in [3.8, 4) is 0 Å². The van der Waals surface area contributed by atoms with Crippen molar-refractivity contribution in [3.05, 3.63) is 57.7 Å². The highest BCUT2D eigenvalue weighted by molar-refractivity contribution is 14.1. The molecule has 1 heterocycles. The van der Waals surface area contributed by atoms with Crippen molar-refractivity contribution < 1.29 is 4.79 Å². The molecule has 2 N–H and O–H groups in total. The summed E-state index contributed by atoms with van der Waals surface area (Å²) in [5.41, 5.74) is 2.56. The molecule has 1 aliphatic rings. The zero-order chi connectivity index (χ0) is 15.4.